The molecule has 0 aliphatic heterocycles. The first kappa shape index (κ1) is 16.1. The van der Waals surface area contributed by atoms with Crippen LogP contribution in [0.15, 0.2) is 0 Å². The van der Waals surface area contributed by atoms with Gasteiger partial charge < -0.3 is 5.11 Å². The maximum Gasteiger partial charge on any atom is 0.307 e. The smallest absolute Gasteiger partial charge is 0.307 e. The van der Waals surface area contributed by atoms with Crippen LogP contribution in [0.25, 0.3) is 0 Å². The van der Waals surface area contributed by atoms with Crippen LogP contribution < -0.4 is 0 Å². The van der Waals surface area contributed by atoms with Crippen LogP contribution in [0.2, 0.25) is 0 Å². The molecule has 3 nitrogen and oxygen atoms in total. The number of hydrogen-bond acceptors (Lipinski definition) is 2. The Morgan fingerprint density at radius 2 is 1.47 bits per heavy atom. The Kier molecular flexibility index (Phi) is 7.09. The Bertz CT molecular complexity index is 256. The van der Waals surface area contributed by atoms with Crippen LogP contribution in [0.3, 0.4) is 0 Å². The fourth-order valence-electron chi connectivity index (χ4n) is 2.36. The molecule has 0 aromatic heterocycles. The summed E-state index contributed by atoms with van der Waals surface area (Å²) >= 11 is 0. The summed E-state index contributed by atoms with van der Waals surface area (Å²) in [5, 5.41) is 9.29. The quantitative estimate of drug-likeness (QED) is 0.710. The van der Waals surface area contributed by atoms with Crippen molar-refractivity contribution in [1.82, 2.24) is 0 Å². The van der Waals surface area contributed by atoms with Gasteiger partial charge in [0, 0.05) is 12.3 Å². The largest absolute Gasteiger partial charge is 0.481 e. The monoisotopic (exact) mass is 242 g/mol. The summed E-state index contributed by atoms with van der Waals surface area (Å²) in [7, 11) is 0. The Morgan fingerprint density at radius 3 is 1.76 bits per heavy atom. The van der Waals surface area contributed by atoms with E-state index in [0.29, 0.717) is 6.42 Å². The third-order valence-electron chi connectivity index (χ3n) is 3.26. The first-order valence-electron chi connectivity index (χ1n) is 6.58. The van der Waals surface area contributed by atoms with E-state index in [2.05, 4.69) is 0 Å². The normalized spacial score (nSPS) is 15.0. The molecule has 2 unspecified atom stereocenters. The summed E-state index contributed by atoms with van der Waals surface area (Å²) in [6.45, 7) is 9.66. The zero-order valence-corrected chi connectivity index (χ0v) is 11.7. The molecule has 0 aliphatic rings. The van der Waals surface area contributed by atoms with Gasteiger partial charge in [-0.3, -0.25) is 9.59 Å². The van der Waals surface area contributed by atoms with Crippen LogP contribution in [-0.4, -0.2) is 16.9 Å². The third-order valence-corrected chi connectivity index (χ3v) is 3.26. The van der Waals surface area contributed by atoms with Crippen LogP contribution in [0, 0.1) is 23.7 Å². The van der Waals surface area contributed by atoms with Crippen molar-refractivity contribution >= 4 is 11.8 Å². The van der Waals surface area contributed by atoms with Gasteiger partial charge >= 0.3 is 5.97 Å². The van der Waals surface area contributed by atoms with Crippen molar-refractivity contribution in [3.8, 4) is 0 Å². The molecular formula is C14H26O3. The highest BCUT2D eigenvalue weighted by molar-refractivity contribution is 5.86. The van der Waals surface area contributed by atoms with E-state index in [1.807, 2.05) is 34.6 Å². The van der Waals surface area contributed by atoms with Crippen LogP contribution in [-0.2, 0) is 9.59 Å². The van der Waals surface area contributed by atoms with E-state index in [4.69, 9.17) is 0 Å². The second-order valence-corrected chi connectivity index (χ2v) is 5.45. The number of carboxylic acids is 1. The summed E-state index contributed by atoms with van der Waals surface area (Å²) in [5.74, 6) is -1.56. The molecule has 0 bridgehead atoms. The number of carboxylic acid groups (broad SMARTS) is 1. The molecule has 0 radical (unpaired) electrons. The third kappa shape index (κ3) is 4.88. The predicted molar refractivity (Wildman–Crippen MR) is 68.8 cm³/mol. The van der Waals surface area contributed by atoms with Crippen molar-refractivity contribution in [1.29, 1.82) is 0 Å². The molecule has 3 heteroatoms. The minimum absolute atomic E-state index is 0.00882. The molecular weight excluding hydrogens is 216 g/mol. The number of rotatable bonds is 8. The van der Waals surface area contributed by atoms with Gasteiger partial charge in [-0.15, -0.1) is 0 Å². The second-order valence-electron chi connectivity index (χ2n) is 5.45. The number of ketones is 1. The molecule has 0 saturated carbocycles. The van der Waals surface area contributed by atoms with E-state index in [0.717, 1.165) is 12.8 Å². The topological polar surface area (TPSA) is 54.4 Å². The molecule has 17 heavy (non-hydrogen) atoms. The molecule has 1 N–H and O–H groups in total. The van der Waals surface area contributed by atoms with Gasteiger partial charge in [0.05, 0.1) is 5.92 Å². The number of carbonyl (C=O) groups is 2. The lowest BCUT2D eigenvalue weighted by molar-refractivity contribution is -0.150. The lowest BCUT2D eigenvalue weighted by Gasteiger charge is -2.28. The molecule has 0 aliphatic carbocycles. The van der Waals surface area contributed by atoms with E-state index >= 15 is 0 Å². The maximum atomic E-state index is 12.1. The van der Waals surface area contributed by atoms with Crippen molar-refractivity contribution in [2.75, 3.05) is 0 Å². The van der Waals surface area contributed by atoms with Crippen LogP contribution in [0.1, 0.15) is 53.9 Å². The van der Waals surface area contributed by atoms with Crippen LogP contribution >= 0.6 is 0 Å². The maximum absolute atomic E-state index is 12.1. The first-order chi connectivity index (χ1) is 7.82. The summed E-state index contributed by atoms with van der Waals surface area (Å²) in [4.78, 5) is 23.4. The van der Waals surface area contributed by atoms with E-state index < -0.39 is 11.9 Å². The highest BCUT2D eigenvalue weighted by Gasteiger charge is 2.37. The van der Waals surface area contributed by atoms with Crippen molar-refractivity contribution in [3.63, 3.8) is 0 Å². The SMILES string of the molecule is CCCCC(=O)C(C(C)C)C(C(=O)O)C(C)C. The highest BCUT2D eigenvalue weighted by atomic mass is 16.4. The predicted octanol–water partition coefficient (Wildman–Crippen LogP) is 3.37. The fourth-order valence-corrected chi connectivity index (χ4v) is 2.36. The minimum atomic E-state index is -0.844. The lowest BCUT2D eigenvalue weighted by atomic mass is 9.74. The van der Waals surface area contributed by atoms with Crippen molar-refractivity contribution in [2.24, 2.45) is 23.7 Å². The molecule has 0 saturated heterocycles. The van der Waals surface area contributed by atoms with Crippen LogP contribution in [0.4, 0.5) is 0 Å². The van der Waals surface area contributed by atoms with Gasteiger partial charge in [0.1, 0.15) is 5.78 Å². The van der Waals surface area contributed by atoms with Crippen LogP contribution in [0.5, 0.6) is 0 Å². The number of carbonyl (C=O) groups excluding carboxylic acids is 1. The Balaban J connectivity index is 4.92. The van der Waals surface area contributed by atoms with E-state index in [1.165, 1.54) is 0 Å². The van der Waals surface area contributed by atoms with Gasteiger partial charge in [0.15, 0.2) is 0 Å². The summed E-state index contributed by atoms with van der Waals surface area (Å²) in [6.07, 6.45) is 2.33. The molecule has 0 heterocycles. The number of aliphatic carboxylic acids is 1. The Labute approximate surface area is 105 Å². The van der Waals surface area contributed by atoms with E-state index in [1.54, 1.807) is 0 Å². The van der Waals surface area contributed by atoms with E-state index in [-0.39, 0.29) is 23.5 Å². The Morgan fingerprint density at radius 1 is 1.00 bits per heavy atom. The fraction of sp³-hybridized carbons (Fsp3) is 0.857. The van der Waals surface area contributed by atoms with Crippen molar-refractivity contribution in [3.05, 3.63) is 0 Å². The molecule has 0 fully saturated rings. The molecule has 2 atom stereocenters. The zero-order valence-electron chi connectivity index (χ0n) is 11.7. The van der Waals surface area contributed by atoms with Gasteiger partial charge in [0.2, 0.25) is 0 Å². The van der Waals surface area contributed by atoms with Gasteiger partial charge in [-0.25, -0.2) is 0 Å². The first-order valence-corrected chi connectivity index (χ1v) is 6.58. The number of unbranched alkanes of at least 4 members (excludes halogenated alkanes) is 1. The molecule has 100 valence electrons. The van der Waals surface area contributed by atoms with Gasteiger partial charge in [-0.1, -0.05) is 41.0 Å². The lowest BCUT2D eigenvalue weighted by Crippen LogP contribution is -2.36. The van der Waals surface area contributed by atoms with Crippen molar-refractivity contribution in [2.45, 2.75) is 53.9 Å². The average molecular weight is 242 g/mol. The highest BCUT2D eigenvalue weighted by Crippen LogP contribution is 2.30. The van der Waals surface area contributed by atoms with Crippen molar-refractivity contribution < 1.29 is 14.7 Å². The van der Waals surface area contributed by atoms with Gasteiger partial charge in [0.25, 0.3) is 0 Å². The molecule has 0 amide bonds. The minimum Gasteiger partial charge on any atom is -0.481 e. The zero-order chi connectivity index (χ0) is 13.6. The average Bonchev–Trinajstić information content (AvgIpc) is 2.20. The number of hydrogen-bond donors (Lipinski definition) is 1. The Hall–Kier alpha value is -0.860. The standard InChI is InChI=1S/C14H26O3/c1-6-7-8-11(15)12(9(2)3)13(10(4)5)14(16)17/h9-10,12-13H,6-8H2,1-5H3,(H,16,17). The summed E-state index contributed by atoms with van der Waals surface area (Å²) in [5.41, 5.74) is 0. The molecule has 0 rings (SSSR count). The summed E-state index contributed by atoms with van der Waals surface area (Å²) < 4.78 is 0. The number of Topliss-reactive ketones (excluding diaryl/α,β-unsaturated/α-hetero) is 1. The second kappa shape index (κ2) is 7.46. The molecule has 0 aromatic rings. The van der Waals surface area contributed by atoms with Gasteiger partial charge in [-0.05, 0) is 18.3 Å². The van der Waals surface area contributed by atoms with E-state index in [9.17, 15) is 14.7 Å². The molecule has 0 spiro atoms. The van der Waals surface area contributed by atoms with Gasteiger partial charge in [-0.2, -0.15) is 0 Å². The molecule has 0 aromatic carbocycles. The summed E-state index contributed by atoms with van der Waals surface area (Å²) in [6, 6.07) is 0.